The SMILES string of the molecule is O=C(NCc1ncco1)C(O)c1ccc(-c2noc(-c3onc(-c4ccccc4)c3C(F)(F)F)n2)cc1. The first-order valence-electron chi connectivity index (χ1n) is 10.7. The Morgan fingerprint density at radius 1 is 1.00 bits per heavy atom. The van der Waals surface area contributed by atoms with Crippen LogP contribution in [-0.2, 0) is 17.5 Å². The lowest BCUT2D eigenvalue weighted by Gasteiger charge is -2.11. The molecule has 3 aromatic heterocycles. The quantitative estimate of drug-likeness (QED) is 0.325. The van der Waals surface area contributed by atoms with Gasteiger partial charge in [-0.15, -0.1) is 0 Å². The number of hydrogen-bond donors (Lipinski definition) is 2. The van der Waals surface area contributed by atoms with Crippen molar-refractivity contribution >= 4 is 5.91 Å². The van der Waals surface area contributed by atoms with Gasteiger partial charge in [0.2, 0.25) is 17.5 Å². The monoisotopic (exact) mass is 511 g/mol. The van der Waals surface area contributed by atoms with E-state index in [1.807, 2.05) is 0 Å². The average molecular weight is 511 g/mol. The number of aromatic nitrogens is 4. The van der Waals surface area contributed by atoms with Crippen LogP contribution < -0.4 is 5.32 Å². The van der Waals surface area contributed by atoms with Crippen LogP contribution in [0.3, 0.4) is 0 Å². The Hall–Kier alpha value is -4.78. The summed E-state index contributed by atoms with van der Waals surface area (Å²) < 4.78 is 56.8. The van der Waals surface area contributed by atoms with Gasteiger partial charge in [0.05, 0.1) is 12.7 Å². The van der Waals surface area contributed by atoms with Gasteiger partial charge in [-0.2, -0.15) is 18.2 Å². The van der Waals surface area contributed by atoms with Crippen LogP contribution in [0.2, 0.25) is 0 Å². The molecule has 0 bridgehead atoms. The Labute approximate surface area is 205 Å². The van der Waals surface area contributed by atoms with E-state index in [9.17, 15) is 23.1 Å². The smallest absolute Gasteiger partial charge is 0.422 e. The van der Waals surface area contributed by atoms with Crippen LogP contribution in [0.15, 0.2) is 80.5 Å². The second kappa shape index (κ2) is 9.70. The predicted molar refractivity (Wildman–Crippen MR) is 119 cm³/mol. The van der Waals surface area contributed by atoms with Crippen LogP contribution in [0.25, 0.3) is 34.3 Å². The van der Waals surface area contributed by atoms with Crippen LogP contribution in [0.4, 0.5) is 13.2 Å². The fourth-order valence-corrected chi connectivity index (χ4v) is 3.49. The molecule has 37 heavy (non-hydrogen) atoms. The lowest BCUT2D eigenvalue weighted by atomic mass is 10.1. The molecule has 1 amide bonds. The highest BCUT2D eigenvalue weighted by Gasteiger charge is 2.43. The molecule has 188 valence electrons. The fourth-order valence-electron chi connectivity index (χ4n) is 3.49. The van der Waals surface area contributed by atoms with Crippen LogP contribution >= 0.6 is 0 Å². The lowest BCUT2D eigenvalue weighted by molar-refractivity contribution is -0.137. The molecule has 2 aromatic carbocycles. The van der Waals surface area contributed by atoms with E-state index in [-0.39, 0.29) is 29.4 Å². The minimum absolute atomic E-state index is 0.000149. The molecular weight excluding hydrogens is 495 g/mol. The summed E-state index contributed by atoms with van der Waals surface area (Å²) in [7, 11) is 0. The van der Waals surface area contributed by atoms with Crippen molar-refractivity contribution in [2.75, 3.05) is 0 Å². The molecule has 10 nitrogen and oxygen atoms in total. The Kier molecular flexibility index (Phi) is 6.27. The Bertz CT molecular complexity index is 1500. The number of benzene rings is 2. The topological polar surface area (TPSA) is 140 Å². The van der Waals surface area contributed by atoms with Crippen LogP contribution in [0.5, 0.6) is 0 Å². The molecule has 3 heterocycles. The zero-order valence-corrected chi connectivity index (χ0v) is 18.6. The summed E-state index contributed by atoms with van der Waals surface area (Å²) in [6.45, 7) is 0.000149. The number of halogens is 3. The Balaban J connectivity index is 1.36. The van der Waals surface area contributed by atoms with Crippen molar-refractivity contribution in [3.63, 3.8) is 0 Å². The average Bonchev–Trinajstić information content (AvgIpc) is 3.67. The van der Waals surface area contributed by atoms with E-state index >= 15 is 0 Å². The number of rotatable bonds is 7. The number of nitrogens with one attached hydrogen (secondary N) is 1. The van der Waals surface area contributed by atoms with Crippen molar-refractivity contribution in [2.45, 2.75) is 18.8 Å². The molecule has 0 aliphatic heterocycles. The first-order chi connectivity index (χ1) is 17.8. The van der Waals surface area contributed by atoms with Gasteiger partial charge in [0, 0.05) is 11.1 Å². The van der Waals surface area contributed by atoms with Crippen molar-refractivity contribution in [3.05, 3.63) is 84.1 Å². The van der Waals surface area contributed by atoms with E-state index < -0.39 is 41.1 Å². The van der Waals surface area contributed by atoms with E-state index in [1.165, 1.54) is 48.9 Å². The van der Waals surface area contributed by atoms with Gasteiger partial charge < -0.3 is 23.9 Å². The molecule has 0 saturated heterocycles. The zero-order chi connectivity index (χ0) is 26.0. The van der Waals surface area contributed by atoms with E-state index in [0.717, 1.165) is 0 Å². The first-order valence-corrected chi connectivity index (χ1v) is 10.7. The first kappa shape index (κ1) is 23.9. The molecule has 1 atom stereocenters. The van der Waals surface area contributed by atoms with Gasteiger partial charge >= 0.3 is 6.18 Å². The van der Waals surface area contributed by atoms with Crippen molar-refractivity contribution in [1.29, 1.82) is 0 Å². The Morgan fingerprint density at radius 2 is 1.76 bits per heavy atom. The molecule has 5 aromatic rings. The summed E-state index contributed by atoms with van der Waals surface area (Å²) in [5.41, 5.74) is -0.699. The lowest BCUT2D eigenvalue weighted by Crippen LogP contribution is -2.28. The highest BCUT2D eigenvalue weighted by molar-refractivity contribution is 5.82. The number of carbonyl (C=O) groups is 1. The Morgan fingerprint density at radius 3 is 2.43 bits per heavy atom. The van der Waals surface area contributed by atoms with E-state index in [0.29, 0.717) is 5.56 Å². The highest BCUT2D eigenvalue weighted by atomic mass is 19.4. The number of oxazole rings is 1. The second-order valence-corrected chi connectivity index (χ2v) is 7.69. The van der Waals surface area contributed by atoms with Crippen molar-refractivity contribution < 1.29 is 36.5 Å². The maximum Gasteiger partial charge on any atom is 0.422 e. The van der Waals surface area contributed by atoms with Crippen molar-refractivity contribution in [2.24, 2.45) is 0 Å². The number of amides is 1. The van der Waals surface area contributed by atoms with Gasteiger partial charge in [-0.1, -0.05) is 64.9 Å². The zero-order valence-electron chi connectivity index (χ0n) is 18.6. The van der Waals surface area contributed by atoms with Gasteiger partial charge in [0.25, 0.3) is 11.8 Å². The van der Waals surface area contributed by atoms with Gasteiger partial charge in [0.15, 0.2) is 6.10 Å². The van der Waals surface area contributed by atoms with Crippen molar-refractivity contribution in [3.8, 4) is 34.3 Å². The van der Waals surface area contributed by atoms with Crippen LogP contribution in [0.1, 0.15) is 23.1 Å². The molecule has 0 fully saturated rings. The van der Waals surface area contributed by atoms with Gasteiger partial charge in [-0.25, -0.2) is 4.98 Å². The number of nitrogens with zero attached hydrogens (tertiary/aromatic N) is 4. The normalized spacial score (nSPS) is 12.4. The van der Waals surface area contributed by atoms with Gasteiger partial charge in [-0.05, 0) is 5.56 Å². The summed E-state index contributed by atoms with van der Waals surface area (Å²) in [4.78, 5) is 20.1. The number of hydrogen-bond acceptors (Lipinski definition) is 9. The fraction of sp³-hybridized carbons (Fsp3) is 0.125. The maximum atomic E-state index is 13.9. The second-order valence-electron chi connectivity index (χ2n) is 7.69. The van der Waals surface area contributed by atoms with Crippen LogP contribution in [-0.4, -0.2) is 31.3 Å². The van der Waals surface area contributed by atoms with Crippen LogP contribution in [0, 0.1) is 0 Å². The molecule has 0 radical (unpaired) electrons. The highest BCUT2D eigenvalue weighted by Crippen LogP contribution is 2.43. The third-order valence-electron chi connectivity index (χ3n) is 5.27. The molecule has 0 saturated carbocycles. The summed E-state index contributed by atoms with van der Waals surface area (Å²) in [5.74, 6) is -1.64. The number of alkyl halides is 3. The van der Waals surface area contributed by atoms with Crippen molar-refractivity contribution in [1.82, 2.24) is 25.6 Å². The maximum absolute atomic E-state index is 13.9. The molecule has 0 spiro atoms. The molecular formula is C24H16F3N5O5. The molecule has 0 aliphatic carbocycles. The molecule has 5 rings (SSSR count). The summed E-state index contributed by atoms with van der Waals surface area (Å²) >= 11 is 0. The molecule has 1 unspecified atom stereocenters. The molecule has 2 N–H and O–H groups in total. The predicted octanol–water partition coefficient (Wildman–Crippen LogP) is 4.42. The minimum Gasteiger partial charge on any atom is -0.447 e. The summed E-state index contributed by atoms with van der Waals surface area (Å²) in [5, 5.41) is 20.1. The third kappa shape index (κ3) is 4.97. The molecule has 13 heteroatoms. The third-order valence-corrected chi connectivity index (χ3v) is 5.27. The van der Waals surface area contributed by atoms with Gasteiger partial charge in [0.1, 0.15) is 17.5 Å². The van der Waals surface area contributed by atoms with Gasteiger partial charge in [-0.3, -0.25) is 4.79 Å². The van der Waals surface area contributed by atoms with E-state index in [1.54, 1.807) is 18.2 Å². The van der Waals surface area contributed by atoms with E-state index in [2.05, 4.69) is 25.6 Å². The molecule has 0 aliphatic rings. The number of aliphatic hydroxyl groups is 1. The van der Waals surface area contributed by atoms with E-state index in [4.69, 9.17) is 13.5 Å². The minimum atomic E-state index is -4.81. The summed E-state index contributed by atoms with van der Waals surface area (Å²) in [6.07, 6.45) is -3.51. The summed E-state index contributed by atoms with van der Waals surface area (Å²) in [6, 6.07) is 13.6. The number of carbonyl (C=O) groups excluding carboxylic acids is 1. The largest absolute Gasteiger partial charge is 0.447 e. The standard InChI is InChI=1S/C24H16F3N5O5/c25-24(26,27)17-18(13-4-2-1-3-5-13)31-36-20(17)23-30-21(32-37-23)15-8-6-14(7-9-15)19(33)22(34)29-12-16-28-10-11-35-16/h1-11,19,33H,12H2,(H,29,34). The number of aliphatic hydroxyl groups excluding tert-OH is 1.